The second-order valence-electron chi connectivity index (χ2n) is 10.9. The number of aromatic nitrogens is 1. The predicted molar refractivity (Wildman–Crippen MR) is 144 cm³/mol. The Labute approximate surface area is 213 Å². The number of likely N-dealkylation sites (N-methyl/N-ethyl adjacent to an activating group) is 1. The zero-order chi connectivity index (χ0) is 28.0. The number of ether oxygens (including phenoxy) is 1. The fourth-order valence-corrected chi connectivity index (χ4v) is 9.54. The molecule has 0 aliphatic heterocycles. The van der Waals surface area contributed by atoms with Crippen LogP contribution in [0.25, 0.3) is 0 Å². The van der Waals surface area contributed by atoms with Crippen LogP contribution in [0.4, 0.5) is 10.6 Å². The fourth-order valence-electron chi connectivity index (χ4n) is 4.34. The van der Waals surface area contributed by atoms with Gasteiger partial charge in [-0.25, -0.2) is 9.78 Å². The molecule has 194 valence electrons. The molecule has 1 heterocycles. The lowest BCUT2D eigenvalue weighted by Crippen LogP contribution is -2.45. The van der Waals surface area contributed by atoms with Gasteiger partial charge in [-0.15, -0.1) is 5.54 Å². The third kappa shape index (κ3) is 7.82. The summed E-state index contributed by atoms with van der Waals surface area (Å²) in [7, 11) is -2.15. The van der Waals surface area contributed by atoms with Crippen LogP contribution in [0.15, 0.2) is 12.1 Å². The van der Waals surface area contributed by atoms with E-state index in [-0.39, 0.29) is 17.0 Å². The quantitative estimate of drug-likeness (QED) is 0.369. The molecule has 1 unspecified atom stereocenters. The van der Waals surface area contributed by atoms with E-state index in [1.165, 1.54) is 24.1 Å². The monoisotopic (exact) mass is 504 g/mol. The Bertz CT molecular complexity index is 966. The first-order chi connectivity index (χ1) is 16.5. The summed E-state index contributed by atoms with van der Waals surface area (Å²) in [6.45, 7) is 20.0. The van der Waals surface area contributed by atoms with E-state index in [9.17, 15) is 14.6 Å². The molecule has 0 fully saturated rings. The number of hydrogen-bond donors (Lipinski definition) is 3. The molecular weight excluding hydrogens is 461 g/mol. The molecular formula is C25H42BN3O5Si. The molecule has 0 spiro atoms. The molecule has 2 amide bonds. The molecule has 0 bridgehead atoms. The van der Waals surface area contributed by atoms with Crippen LogP contribution in [0.5, 0.6) is 0 Å². The molecule has 0 saturated carbocycles. The summed E-state index contributed by atoms with van der Waals surface area (Å²) in [6.07, 6.45) is -0.618. The van der Waals surface area contributed by atoms with Crippen LogP contribution in [0.2, 0.25) is 16.6 Å². The fraction of sp³-hybridized carbons (Fsp3) is 0.640. The average Bonchev–Trinajstić information content (AvgIpc) is 2.76. The molecule has 1 aromatic rings. The van der Waals surface area contributed by atoms with Crippen LogP contribution >= 0.6 is 0 Å². The van der Waals surface area contributed by atoms with Crippen molar-refractivity contribution in [3.8, 4) is 11.5 Å². The standard InChI is InChI=1S/C25H42BN3O5Si/c1-16(2)35(17(3)4,18(5)6)15-14-21-20(26(32)33)12-13-22(27-21)28-23(30)19(7)29(11)24(31)34-25(8,9)10/h12-13,16-19,32-33H,1-11H3,(H,27,28,30)/i32D. The number of nitrogens with zero attached hydrogens (tertiary/aromatic N) is 2. The molecule has 1 rings (SSSR count). The van der Waals surface area contributed by atoms with Crippen LogP contribution < -0.4 is 10.8 Å². The minimum atomic E-state index is -2.11. The Morgan fingerprint density at radius 2 is 1.69 bits per heavy atom. The highest BCUT2D eigenvalue weighted by atomic mass is 28.3. The summed E-state index contributed by atoms with van der Waals surface area (Å²) < 4.78 is 12.5. The first-order valence-corrected chi connectivity index (χ1v) is 14.3. The van der Waals surface area contributed by atoms with Crippen LogP contribution in [-0.2, 0) is 9.53 Å². The normalized spacial score (nSPS) is 13.2. The van der Waals surface area contributed by atoms with Gasteiger partial charge in [-0.3, -0.25) is 9.69 Å². The molecule has 0 aliphatic carbocycles. The number of carbonyl (C=O) groups is 2. The molecule has 0 radical (unpaired) electrons. The molecule has 1 aromatic heterocycles. The summed E-state index contributed by atoms with van der Waals surface area (Å²) in [5.41, 5.74) is 4.50. The second kappa shape index (κ2) is 12.1. The Kier molecular flexibility index (Phi) is 9.96. The molecule has 10 heteroatoms. The maximum atomic E-state index is 12.9. The molecule has 0 saturated heterocycles. The van der Waals surface area contributed by atoms with Crippen molar-refractivity contribution in [3.05, 3.63) is 17.8 Å². The van der Waals surface area contributed by atoms with Gasteiger partial charge < -0.3 is 20.1 Å². The van der Waals surface area contributed by atoms with Crippen molar-refractivity contribution in [2.45, 2.75) is 97.5 Å². The molecule has 3 N–H and O–H groups in total. The number of amides is 2. The van der Waals surface area contributed by atoms with Crippen molar-refractivity contribution in [1.82, 2.24) is 9.88 Å². The Morgan fingerprint density at radius 1 is 1.14 bits per heavy atom. The average molecular weight is 505 g/mol. The lowest BCUT2D eigenvalue weighted by molar-refractivity contribution is -0.120. The van der Waals surface area contributed by atoms with Crippen molar-refractivity contribution >= 4 is 38.5 Å². The van der Waals surface area contributed by atoms with Crippen LogP contribution in [0.1, 0.15) is 74.9 Å². The van der Waals surface area contributed by atoms with E-state index in [1.54, 1.807) is 27.7 Å². The van der Waals surface area contributed by atoms with Gasteiger partial charge in [-0.2, -0.15) is 0 Å². The van der Waals surface area contributed by atoms with Gasteiger partial charge in [-0.05, 0) is 50.4 Å². The van der Waals surface area contributed by atoms with E-state index in [2.05, 4.69) is 68.3 Å². The van der Waals surface area contributed by atoms with E-state index in [4.69, 9.17) is 6.17 Å². The first-order valence-electron chi connectivity index (χ1n) is 12.5. The summed E-state index contributed by atoms with van der Waals surface area (Å²) in [4.78, 5) is 30.9. The van der Waals surface area contributed by atoms with Gasteiger partial charge in [0.05, 0.1) is 0 Å². The Morgan fingerprint density at radius 3 is 2.14 bits per heavy atom. The van der Waals surface area contributed by atoms with E-state index >= 15 is 0 Å². The molecule has 8 nitrogen and oxygen atoms in total. The van der Waals surface area contributed by atoms with Gasteiger partial charge in [0.15, 0.2) is 1.43 Å². The van der Waals surface area contributed by atoms with Gasteiger partial charge in [-0.1, -0.05) is 53.5 Å². The number of carbonyl (C=O) groups excluding carboxylic acids is 2. The van der Waals surface area contributed by atoms with Gasteiger partial charge in [0.25, 0.3) is 0 Å². The summed E-state index contributed by atoms with van der Waals surface area (Å²) >= 11 is 0. The third-order valence-corrected chi connectivity index (χ3v) is 12.6. The third-order valence-electron chi connectivity index (χ3n) is 6.35. The van der Waals surface area contributed by atoms with Crippen LogP contribution in [-0.4, -0.2) is 67.2 Å². The van der Waals surface area contributed by atoms with Crippen molar-refractivity contribution in [1.29, 1.82) is 1.43 Å². The second-order valence-corrected chi connectivity index (χ2v) is 16.5. The largest absolute Gasteiger partial charge is 0.491 e. The van der Waals surface area contributed by atoms with Crippen molar-refractivity contribution in [2.75, 3.05) is 12.4 Å². The van der Waals surface area contributed by atoms with Crippen molar-refractivity contribution < 1.29 is 24.4 Å². The van der Waals surface area contributed by atoms with Gasteiger partial charge in [0, 0.05) is 12.5 Å². The van der Waals surface area contributed by atoms with Gasteiger partial charge in [0.2, 0.25) is 5.91 Å². The molecule has 0 aliphatic rings. The molecule has 35 heavy (non-hydrogen) atoms. The predicted octanol–water partition coefficient (Wildman–Crippen LogP) is 3.52. The van der Waals surface area contributed by atoms with E-state index < -0.39 is 38.8 Å². The van der Waals surface area contributed by atoms with Gasteiger partial charge >= 0.3 is 13.2 Å². The highest BCUT2D eigenvalue weighted by Gasteiger charge is 2.41. The highest BCUT2D eigenvalue weighted by molar-refractivity contribution is 6.90. The van der Waals surface area contributed by atoms with E-state index in [0.29, 0.717) is 16.6 Å². The topological polar surface area (TPSA) is 112 Å². The lowest BCUT2D eigenvalue weighted by Gasteiger charge is -2.38. The minimum Gasteiger partial charge on any atom is -0.444 e. The van der Waals surface area contributed by atoms with E-state index in [1.807, 2.05) is 0 Å². The first kappa shape index (κ1) is 28.9. The van der Waals surface area contributed by atoms with Crippen LogP contribution in [0, 0.1) is 11.5 Å². The smallest absolute Gasteiger partial charge is 0.444 e. The van der Waals surface area contributed by atoms with E-state index in [0.717, 1.165) is 0 Å². The zero-order valence-electron chi connectivity index (χ0n) is 24.0. The maximum Gasteiger partial charge on any atom is 0.491 e. The number of pyridine rings is 1. The lowest BCUT2D eigenvalue weighted by atomic mass is 9.79. The number of anilines is 1. The summed E-state index contributed by atoms with van der Waals surface area (Å²) in [5.74, 6) is 2.91. The molecule has 1 atom stereocenters. The van der Waals surface area contributed by atoms with Crippen molar-refractivity contribution in [3.63, 3.8) is 0 Å². The number of nitrogens with one attached hydrogen (secondary N) is 1. The zero-order valence-corrected chi connectivity index (χ0v) is 24.0. The minimum absolute atomic E-state index is 0.209. The van der Waals surface area contributed by atoms with Crippen LogP contribution in [0.3, 0.4) is 0 Å². The number of hydrogen-bond acceptors (Lipinski definition) is 6. The SMILES string of the molecule is [2H]OB(O)c1ccc(NC(=O)C(C)N(C)C(=O)OC(C)(C)C)nc1C#C[Si](C(C)C)(C(C)C)C(C)C. The Hall–Kier alpha value is -2.35. The summed E-state index contributed by atoms with van der Waals surface area (Å²) in [6, 6.07) is 2.19. The Balaban J connectivity index is 3.37. The summed E-state index contributed by atoms with van der Waals surface area (Å²) in [5, 5.41) is 17.3. The van der Waals surface area contributed by atoms with Crippen molar-refractivity contribution in [2.24, 2.45) is 0 Å². The van der Waals surface area contributed by atoms with Gasteiger partial charge in [0.1, 0.15) is 31.2 Å². The molecule has 0 aromatic carbocycles. The number of rotatable bonds is 8. The maximum absolute atomic E-state index is 12.9. The highest BCUT2D eigenvalue weighted by Crippen LogP contribution is 2.40.